The highest BCUT2D eigenvalue weighted by Crippen LogP contribution is 2.34. The molecule has 0 saturated heterocycles. The molecule has 8 heteroatoms. The average molecular weight is 346 g/mol. The zero-order valence-corrected chi connectivity index (χ0v) is 14.2. The van der Waals surface area contributed by atoms with E-state index in [0.29, 0.717) is 17.1 Å². The van der Waals surface area contributed by atoms with Crippen molar-refractivity contribution in [3.05, 3.63) is 36.4 Å². The van der Waals surface area contributed by atoms with Gasteiger partial charge in [0.1, 0.15) is 11.4 Å². The summed E-state index contributed by atoms with van der Waals surface area (Å²) < 4.78 is 8.94. The molecule has 0 amide bonds. The Balaban J connectivity index is 0.00000169. The van der Waals surface area contributed by atoms with Crippen LogP contribution in [0.5, 0.6) is 11.6 Å². The van der Waals surface area contributed by atoms with Crippen LogP contribution in [0.3, 0.4) is 0 Å². The summed E-state index contributed by atoms with van der Waals surface area (Å²) in [6.45, 7) is 1.76. The summed E-state index contributed by atoms with van der Waals surface area (Å²) in [6.07, 6.45) is 5.34. The molecule has 24 heavy (non-hydrogen) atoms. The van der Waals surface area contributed by atoms with Crippen LogP contribution < -0.4 is 4.74 Å². The lowest BCUT2D eigenvalue weighted by Gasteiger charge is -2.10. The van der Waals surface area contributed by atoms with Gasteiger partial charge in [-0.2, -0.15) is 5.10 Å². The molecule has 0 aliphatic carbocycles. The largest absolute Gasteiger partial charge is 0.496 e. The molecule has 0 spiro atoms. The number of methoxy groups -OCH3 is 1. The average Bonchev–Trinajstić information content (AvgIpc) is 3.10. The lowest BCUT2D eigenvalue weighted by Crippen LogP contribution is -1.94. The van der Waals surface area contributed by atoms with Crippen LogP contribution in [0, 0.1) is 6.92 Å². The first-order valence-electron chi connectivity index (χ1n) is 7.12. The Labute approximate surface area is 143 Å². The van der Waals surface area contributed by atoms with Gasteiger partial charge >= 0.3 is 0 Å². The molecule has 3 heterocycles. The van der Waals surface area contributed by atoms with Gasteiger partial charge in [-0.05, 0) is 13.0 Å². The van der Waals surface area contributed by atoms with Crippen molar-refractivity contribution in [2.45, 2.75) is 6.92 Å². The molecule has 0 atom stereocenters. The van der Waals surface area contributed by atoms with Crippen LogP contribution in [0.4, 0.5) is 0 Å². The number of aryl methyl sites for hydroxylation is 2. The van der Waals surface area contributed by atoms with E-state index in [2.05, 4.69) is 15.1 Å². The van der Waals surface area contributed by atoms with E-state index in [-0.39, 0.29) is 18.3 Å². The number of fused-ring (bicyclic) bond motifs is 3. The second-order valence-electron chi connectivity index (χ2n) is 5.42. The number of aromatic hydroxyl groups is 1. The van der Waals surface area contributed by atoms with E-state index in [4.69, 9.17) is 4.74 Å². The molecule has 4 rings (SSSR count). The highest BCUT2D eigenvalue weighted by atomic mass is 35.5. The minimum absolute atomic E-state index is 0. The molecule has 4 aromatic rings. The number of aromatic nitrogens is 5. The van der Waals surface area contributed by atoms with E-state index in [1.807, 2.05) is 25.4 Å². The maximum Gasteiger partial charge on any atom is 0.219 e. The van der Waals surface area contributed by atoms with Crippen LogP contribution >= 0.6 is 12.4 Å². The van der Waals surface area contributed by atoms with Gasteiger partial charge in [0.05, 0.1) is 30.5 Å². The molecule has 3 aromatic heterocycles. The van der Waals surface area contributed by atoms with Crippen molar-refractivity contribution in [3.8, 4) is 22.8 Å². The van der Waals surface area contributed by atoms with E-state index < -0.39 is 0 Å². The second kappa shape index (κ2) is 5.68. The number of ether oxygens (including phenoxy) is 1. The molecule has 0 bridgehead atoms. The fraction of sp³-hybridized carbons (Fsp3) is 0.188. The Morgan fingerprint density at radius 1 is 1.21 bits per heavy atom. The first-order chi connectivity index (χ1) is 11.1. The fourth-order valence-corrected chi connectivity index (χ4v) is 2.79. The van der Waals surface area contributed by atoms with Crippen molar-refractivity contribution >= 4 is 29.1 Å². The van der Waals surface area contributed by atoms with E-state index >= 15 is 0 Å². The number of rotatable bonds is 2. The van der Waals surface area contributed by atoms with Crippen molar-refractivity contribution in [1.29, 1.82) is 0 Å². The van der Waals surface area contributed by atoms with Gasteiger partial charge in [0.25, 0.3) is 0 Å². The van der Waals surface area contributed by atoms with Crippen molar-refractivity contribution in [1.82, 2.24) is 24.1 Å². The van der Waals surface area contributed by atoms with Crippen molar-refractivity contribution in [2.24, 2.45) is 7.05 Å². The van der Waals surface area contributed by atoms with E-state index in [1.165, 1.54) is 0 Å². The molecule has 0 unspecified atom stereocenters. The van der Waals surface area contributed by atoms with Crippen LogP contribution in [-0.4, -0.2) is 36.4 Å². The number of imidazole rings is 1. The summed E-state index contributed by atoms with van der Waals surface area (Å²) in [5.41, 5.74) is 4.49. The lowest BCUT2D eigenvalue weighted by molar-refractivity contribution is 0.416. The van der Waals surface area contributed by atoms with Gasteiger partial charge in [-0.15, -0.1) is 12.4 Å². The molecule has 1 N–H and O–H groups in total. The molecule has 0 aliphatic rings. The van der Waals surface area contributed by atoms with E-state index in [9.17, 15) is 5.11 Å². The number of benzene rings is 1. The van der Waals surface area contributed by atoms with Gasteiger partial charge < -0.3 is 9.84 Å². The summed E-state index contributed by atoms with van der Waals surface area (Å²) in [5.74, 6) is 0.800. The normalized spacial score (nSPS) is 11.0. The van der Waals surface area contributed by atoms with Crippen molar-refractivity contribution < 1.29 is 9.84 Å². The first kappa shape index (κ1) is 16.1. The molecular weight excluding hydrogens is 330 g/mol. The van der Waals surface area contributed by atoms with Crippen molar-refractivity contribution in [2.75, 3.05) is 7.11 Å². The third kappa shape index (κ3) is 2.25. The maximum absolute atomic E-state index is 10.3. The predicted molar refractivity (Wildman–Crippen MR) is 92.9 cm³/mol. The van der Waals surface area contributed by atoms with Crippen LogP contribution in [0.15, 0.2) is 30.7 Å². The van der Waals surface area contributed by atoms with Gasteiger partial charge in [-0.25, -0.2) is 4.98 Å². The molecule has 7 nitrogen and oxygen atoms in total. The number of hydrogen-bond donors (Lipinski definition) is 1. The molecule has 0 aliphatic heterocycles. The SMILES string of the molecule is COc1cc2c(cc1-c1cnn(C)c1)ncc1nc(C)c(O)n12.Cl. The summed E-state index contributed by atoms with van der Waals surface area (Å²) >= 11 is 0. The van der Waals surface area contributed by atoms with Crippen molar-refractivity contribution in [3.63, 3.8) is 0 Å². The molecule has 0 radical (unpaired) electrons. The van der Waals surface area contributed by atoms with Crippen LogP contribution in [0.2, 0.25) is 0 Å². The highest BCUT2D eigenvalue weighted by Gasteiger charge is 2.15. The zero-order valence-electron chi connectivity index (χ0n) is 13.4. The van der Waals surface area contributed by atoms with Gasteiger partial charge in [-0.3, -0.25) is 14.1 Å². The second-order valence-corrected chi connectivity index (χ2v) is 5.42. The number of nitrogens with zero attached hydrogens (tertiary/aromatic N) is 5. The topological polar surface area (TPSA) is 77.5 Å². The van der Waals surface area contributed by atoms with E-state index in [1.54, 1.807) is 35.5 Å². The first-order valence-corrected chi connectivity index (χ1v) is 7.12. The predicted octanol–water partition coefficient (Wildman–Crippen LogP) is 2.73. The van der Waals surface area contributed by atoms with Crippen LogP contribution in [-0.2, 0) is 7.05 Å². The fourth-order valence-electron chi connectivity index (χ4n) is 2.79. The lowest BCUT2D eigenvalue weighted by atomic mass is 10.1. The quantitative estimate of drug-likeness (QED) is 0.604. The number of hydrogen-bond acceptors (Lipinski definition) is 5. The number of halogens is 1. The van der Waals surface area contributed by atoms with Gasteiger partial charge in [0, 0.05) is 30.4 Å². The smallest absolute Gasteiger partial charge is 0.219 e. The third-order valence-electron chi connectivity index (χ3n) is 3.92. The molecular formula is C16H16ClN5O2. The Hall–Kier alpha value is -2.80. The molecule has 0 fully saturated rings. The Kier molecular flexibility index (Phi) is 3.81. The zero-order chi connectivity index (χ0) is 16.1. The van der Waals surface area contributed by atoms with E-state index in [0.717, 1.165) is 22.2 Å². The van der Waals surface area contributed by atoms with Gasteiger partial charge in [0.2, 0.25) is 5.88 Å². The summed E-state index contributed by atoms with van der Waals surface area (Å²) in [6, 6.07) is 3.79. The highest BCUT2D eigenvalue weighted by molar-refractivity contribution is 5.87. The minimum Gasteiger partial charge on any atom is -0.496 e. The monoisotopic (exact) mass is 345 g/mol. The molecule has 0 saturated carbocycles. The van der Waals surface area contributed by atoms with Gasteiger partial charge in [0.15, 0.2) is 5.65 Å². The van der Waals surface area contributed by atoms with Crippen LogP contribution in [0.1, 0.15) is 5.69 Å². The summed E-state index contributed by atoms with van der Waals surface area (Å²) in [5, 5.41) is 14.5. The summed E-state index contributed by atoms with van der Waals surface area (Å²) in [7, 11) is 3.48. The Bertz CT molecular complexity index is 1050. The Morgan fingerprint density at radius 3 is 2.67 bits per heavy atom. The molecule has 124 valence electrons. The molecule has 1 aromatic carbocycles. The Morgan fingerprint density at radius 2 is 2.00 bits per heavy atom. The maximum atomic E-state index is 10.3. The van der Waals surface area contributed by atoms with Crippen LogP contribution in [0.25, 0.3) is 27.8 Å². The summed E-state index contributed by atoms with van der Waals surface area (Å²) in [4.78, 5) is 8.75. The minimum atomic E-state index is 0. The third-order valence-corrected chi connectivity index (χ3v) is 3.92. The standard InChI is InChI=1S/C16H15N5O2.ClH/c1-9-16(22)21-13-5-14(23-3)11(10-6-18-20(2)8-10)4-12(13)17-7-15(21)19-9;/h4-8,22H,1-3H3;1H. The van der Waals surface area contributed by atoms with Gasteiger partial charge in [-0.1, -0.05) is 0 Å².